The molecular weight excluding hydrogens is 502 g/mol. The SMILES string of the molecule is COc1ccccc1Cc1nnc(NC(=O)C2CCN(C(=O)C3CC(=O)N(c4ccc(C)cc4)C3)CC2)s1. The van der Waals surface area contributed by atoms with E-state index in [1.165, 1.54) is 11.3 Å². The minimum absolute atomic E-state index is 0.00285. The predicted molar refractivity (Wildman–Crippen MR) is 145 cm³/mol. The van der Waals surface area contributed by atoms with Crippen molar-refractivity contribution in [1.29, 1.82) is 0 Å². The van der Waals surface area contributed by atoms with Gasteiger partial charge in [-0.1, -0.05) is 47.2 Å². The molecule has 5 rings (SSSR count). The number of aryl methyl sites for hydroxylation is 1. The molecule has 0 spiro atoms. The zero-order valence-electron chi connectivity index (χ0n) is 21.6. The standard InChI is InChI=1S/C28H31N5O4S/c1-18-7-9-22(10-8-18)33-17-21(16-25(33)34)27(36)32-13-11-19(12-14-32)26(35)29-28-31-30-24(38-28)15-20-5-3-4-6-23(20)37-2/h3-10,19,21H,11-17H2,1-2H3,(H,29,31,35). The number of methoxy groups -OCH3 is 1. The van der Waals surface area contributed by atoms with Crippen molar-refractivity contribution >= 4 is 39.9 Å². The fraction of sp³-hybridized carbons (Fsp3) is 0.393. The minimum Gasteiger partial charge on any atom is -0.496 e. The third kappa shape index (κ3) is 5.70. The van der Waals surface area contributed by atoms with Gasteiger partial charge in [-0.25, -0.2) is 0 Å². The molecule has 3 heterocycles. The number of carbonyl (C=O) groups is 3. The molecule has 3 aromatic rings. The smallest absolute Gasteiger partial charge is 0.229 e. The molecule has 38 heavy (non-hydrogen) atoms. The summed E-state index contributed by atoms with van der Waals surface area (Å²) in [6, 6.07) is 15.5. The average molecular weight is 534 g/mol. The summed E-state index contributed by atoms with van der Waals surface area (Å²) < 4.78 is 5.40. The molecule has 1 aromatic heterocycles. The molecule has 198 valence electrons. The van der Waals surface area contributed by atoms with Gasteiger partial charge in [0.1, 0.15) is 10.8 Å². The zero-order chi connectivity index (χ0) is 26.6. The van der Waals surface area contributed by atoms with Crippen molar-refractivity contribution in [2.45, 2.75) is 32.6 Å². The second-order valence-corrected chi connectivity index (χ2v) is 10.9. The van der Waals surface area contributed by atoms with Crippen molar-refractivity contribution in [1.82, 2.24) is 15.1 Å². The Labute approximate surface area is 225 Å². The van der Waals surface area contributed by atoms with Crippen LogP contribution < -0.4 is 15.0 Å². The van der Waals surface area contributed by atoms with Crippen molar-refractivity contribution in [2.24, 2.45) is 11.8 Å². The lowest BCUT2D eigenvalue weighted by Gasteiger charge is -2.32. The van der Waals surface area contributed by atoms with Crippen molar-refractivity contribution in [3.8, 4) is 5.75 Å². The van der Waals surface area contributed by atoms with Crippen LogP contribution in [-0.2, 0) is 20.8 Å². The average Bonchev–Trinajstić information content (AvgIpc) is 3.55. The zero-order valence-corrected chi connectivity index (χ0v) is 22.4. The van der Waals surface area contributed by atoms with Crippen LogP contribution in [0.15, 0.2) is 48.5 Å². The first-order valence-electron chi connectivity index (χ1n) is 12.8. The number of rotatable bonds is 7. The summed E-state index contributed by atoms with van der Waals surface area (Å²) in [6.07, 6.45) is 1.95. The van der Waals surface area contributed by atoms with Crippen LogP contribution in [0, 0.1) is 18.8 Å². The normalized spacial score (nSPS) is 18.1. The first-order chi connectivity index (χ1) is 18.4. The number of aromatic nitrogens is 2. The van der Waals surface area contributed by atoms with Crippen LogP contribution in [0.25, 0.3) is 0 Å². The van der Waals surface area contributed by atoms with Crippen LogP contribution in [0.1, 0.15) is 35.4 Å². The molecule has 2 aromatic carbocycles. The van der Waals surface area contributed by atoms with Gasteiger partial charge in [-0.3, -0.25) is 14.4 Å². The highest BCUT2D eigenvalue weighted by atomic mass is 32.1. The summed E-state index contributed by atoms with van der Waals surface area (Å²) in [5, 5.41) is 12.5. The summed E-state index contributed by atoms with van der Waals surface area (Å²) in [6.45, 7) is 3.40. The van der Waals surface area contributed by atoms with Gasteiger partial charge in [-0.15, -0.1) is 10.2 Å². The Balaban J connectivity index is 1.11. The van der Waals surface area contributed by atoms with Gasteiger partial charge in [0, 0.05) is 49.6 Å². The predicted octanol–water partition coefficient (Wildman–Crippen LogP) is 3.68. The van der Waals surface area contributed by atoms with Crippen molar-refractivity contribution < 1.29 is 19.1 Å². The quantitative estimate of drug-likeness (QED) is 0.497. The number of hydrogen-bond acceptors (Lipinski definition) is 7. The van der Waals surface area contributed by atoms with E-state index in [9.17, 15) is 14.4 Å². The largest absolute Gasteiger partial charge is 0.496 e. The highest BCUT2D eigenvalue weighted by molar-refractivity contribution is 7.15. The number of ether oxygens (including phenoxy) is 1. The number of benzene rings is 2. The van der Waals surface area contributed by atoms with E-state index in [1.807, 2.05) is 55.5 Å². The van der Waals surface area contributed by atoms with Gasteiger partial charge in [-0.2, -0.15) is 0 Å². The summed E-state index contributed by atoms with van der Waals surface area (Å²) in [7, 11) is 1.64. The third-order valence-corrected chi connectivity index (χ3v) is 8.07. The molecule has 0 radical (unpaired) electrons. The third-order valence-electron chi connectivity index (χ3n) is 7.23. The van der Waals surface area contributed by atoms with Crippen LogP contribution in [0.2, 0.25) is 0 Å². The number of nitrogens with zero attached hydrogens (tertiary/aromatic N) is 4. The topological polar surface area (TPSA) is 105 Å². The molecule has 1 N–H and O–H groups in total. The lowest BCUT2D eigenvalue weighted by atomic mass is 9.94. The molecule has 2 aliphatic rings. The Bertz CT molecular complexity index is 1320. The number of amides is 3. The molecule has 3 amide bonds. The lowest BCUT2D eigenvalue weighted by Crippen LogP contribution is -2.44. The fourth-order valence-electron chi connectivity index (χ4n) is 5.06. The van der Waals surface area contributed by atoms with Gasteiger partial charge in [0.15, 0.2) is 0 Å². The number of piperidine rings is 1. The number of para-hydroxylation sites is 1. The fourth-order valence-corrected chi connectivity index (χ4v) is 5.83. The maximum absolute atomic E-state index is 13.2. The van der Waals surface area contributed by atoms with E-state index in [2.05, 4.69) is 15.5 Å². The number of hydrogen-bond donors (Lipinski definition) is 1. The molecule has 0 saturated carbocycles. The molecule has 1 unspecified atom stereocenters. The van der Waals surface area contributed by atoms with Gasteiger partial charge in [-0.05, 0) is 38.0 Å². The molecule has 10 heteroatoms. The summed E-state index contributed by atoms with van der Waals surface area (Å²) in [4.78, 5) is 42.1. The number of anilines is 2. The Morgan fingerprint density at radius 1 is 1.05 bits per heavy atom. The Kier molecular flexibility index (Phi) is 7.69. The molecule has 2 saturated heterocycles. The van der Waals surface area contributed by atoms with E-state index in [0.717, 1.165) is 27.6 Å². The van der Waals surface area contributed by atoms with Gasteiger partial charge < -0.3 is 19.9 Å². The van der Waals surface area contributed by atoms with E-state index in [-0.39, 0.29) is 36.0 Å². The van der Waals surface area contributed by atoms with Crippen LogP contribution in [0.4, 0.5) is 10.8 Å². The summed E-state index contributed by atoms with van der Waals surface area (Å²) in [5.41, 5.74) is 2.96. The molecule has 0 aliphatic carbocycles. The highest BCUT2D eigenvalue weighted by Gasteiger charge is 2.38. The number of nitrogens with one attached hydrogen (secondary N) is 1. The molecule has 2 aliphatic heterocycles. The van der Waals surface area contributed by atoms with E-state index in [0.29, 0.717) is 44.0 Å². The second kappa shape index (κ2) is 11.3. The Hall–Kier alpha value is -3.79. The first-order valence-corrected chi connectivity index (χ1v) is 13.6. The van der Waals surface area contributed by atoms with Gasteiger partial charge in [0.2, 0.25) is 22.9 Å². The van der Waals surface area contributed by atoms with Crippen molar-refractivity contribution in [3.63, 3.8) is 0 Å². The van der Waals surface area contributed by atoms with E-state index >= 15 is 0 Å². The van der Waals surface area contributed by atoms with Crippen LogP contribution in [0.3, 0.4) is 0 Å². The summed E-state index contributed by atoms with van der Waals surface area (Å²) >= 11 is 1.35. The van der Waals surface area contributed by atoms with Crippen molar-refractivity contribution in [2.75, 3.05) is 37.0 Å². The minimum atomic E-state index is -0.350. The van der Waals surface area contributed by atoms with Gasteiger partial charge in [0.25, 0.3) is 0 Å². The van der Waals surface area contributed by atoms with Crippen molar-refractivity contribution in [3.05, 3.63) is 64.7 Å². The van der Waals surface area contributed by atoms with Gasteiger partial charge in [0.05, 0.1) is 13.0 Å². The highest BCUT2D eigenvalue weighted by Crippen LogP contribution is 2.29. The number of likely N-dealkylation sites (tertiary alicyclic amines) is 1. The molecular formula is C28H31N5O4S. The molecule has 2 fully saturated rings. The molecule has 1 atom stereocenters. The summed E-state index contributed by atoms with van der Waals surface area (Å²) in [5.74, 6) is 0.116. The molecule has 0 bridgehead atoms. The monoisotopic (exact) mass is 533 g/mol. The maximum Gasteiger partial charge on any atom is 0.229 e. The van der Waals surface area contributed by atoms with E-state index < -0.39 is 0 Å². The van der Waals surface area contributed by atoms with Crippen LogP contribution in [0.5, 0.6) is 5.75 Å². The number of carbonyl (C=O) groups excluding carboxylic acids is 3. The lowest BCUT2D eigenvalue weighted by molar-refractivity contribution is -0.138. The maximum atomic E-state index is 13.2. The first kappa shape index (κ1) is 25.8. The van der Waals surface area contributed by atoms with E-state index in [1.54, 1.807) is 16.9 Å². The van der Waals surface area contributed by atoms with Crippen LogP contribution >= 0.6 is 11.3 Å². The van der Waals surface area contributed by atoms with E-state index in [4.69, 9.17) is 4.74 Å². The van der Waals surface area contributed by atoms with Gasteiger partial charge >= 0.3 is 0 Å². The second-order valence-electron chi connectivity index (χ2n) is 9.82. The Morgan fingerprint density at radius 2 is 1.79 bits per heavy atom. The Morgan fingerprint density at radius 3 is 2.53 bits per heavy atom. The van der Waals surface area contributed by atoms with Crippen LogP contribution in [-0.4, -0.2) is 59.6 Å². The molecule has 9 nitrogen and oxygen atoms in total.